The van der Waals surface area contributed by atoms with E-state index in [1.165, 1.54) is 5.56 Å². The summed E-state index contributed by atoms with van der Waals surface area (Å²) in [6, 6.07) is 10.3. The van der Waals surface area contributed by atoms with Gasteiger partial charge in [0.25, 0.3) is 0 Å². The molecule has 1 rings (SSSR count). The Morgan fingerprint density at radius 3 is 1.75 bits per heavy atom. The Morgan fingerprint density at radius 1 is 1.00 bits per heavy atom. The zero-order valence-corrected chi connectivity index (χ0v) is 7.39. The minimum Gasteiger partial charge on any atom is -0.0622 e. The van der Waals surface area contributed by atoms with Crippen LogP contribution in [0.4, 0.5) is 0 Å². The summed E-state index contributed by atoms with van der Waals surface area (Å²) in [5, 5.41) is 0. The molecular formula is C7H8Na+. The van der Waals surface area contributed by atoms with Crippen LogP contribution in [-0.2, 0) is 0 Å². The van der Waals surface area contributed by atoms with Gasteiger partial charge in [0, 0.05) is 0 Å². The molecule has 0 heterocycles. The SMILES string of the molecule is Cc1ccccc1.[Na+]. The standard InChI is InChI=1S/C7H8.Na/c1-7-5-3-2-4-6-7;/h2-6H,1H3;/q;+1. The summed E-state index contributed by atoms with van der Waals surface area (Å²) >= 11 is 0. The second-order valence-corrected chi connectivity index (χ2v) is 1.65. The van der Waals surface area contributed by atoms with Gasteiger partial charge in [-0.25, -0.2) is 0 Å². The predicted molar refractivity (Wildman–Crippen MR) is 31.2 cm³/mol. The van der Waals surface area contributed by atoms with Crippen LogP contribution in [0.25, 0.3) is 0 Å². The van der Waals surface area contributed by atoms with Gasteiger partial charge in [-0.05, 0) is 6.92 Å². The number of rotatable bonds is 0. The van der Waals surface area contributed by atoms with Crippen LogP contribution in [-0.4, -0.2) is 0 Å². The van der Waals surface area contributed by atoms with Crippen molar-refractivity contribution in [2.45, 2.75) is 6.92 Å². The second-order valence-electron chi connectivity index (χ2n) is 1.65. The molecule has 0 unspecified atom stereocenters. The molecule has 0 bridgehead atoms. The van der Waals surface area contributed by atoms with Gasteiger partial charge in [-0.1, -0.05) is 35.9 Å². The van der Waals surface area contributed by atoms with Crippen molar-refractivity contribution in [3.05, 3.63) is 35.9 Å². The fourth-order valence-corrected chi connectivity index (χ4v) is 0.534. The van der Waals surface area contributed by atoms with Crippen LogP contribution < -0.4 is 29.6 Å². The molecule has 0 aliphatic rings. The van der Waals surface area contributed by atoms with Gasteiger partial charge in [0.2, 0.25) is 0 Å². The number of benzene rings is 1. The first-order chi connectivity index (χ1) is 3.39. The molecule has 0 fully saturated rings. The van der Waals surface area contributed by atoms with Crippen LogP contribution >= 0.6 is 0 Å². The van der Waals surface area contributed by atoms with Crippen molar-refractivity contribution in [3.63, 3.8) is 0 Å². The minimum atomic E-state index is 0. The van der Waals surface area contributed by atoms with E-state index in [-0.39, 0.29) is 29.6 Å². The molecule has 8 heavy (non-hydrogen) atoms. The molecule has 1 aromatic rings. The van der Waals surface area contributed by atoms with Crippen molar-refractivity contribution in [1.29, 1.82) is 0 Å². The Morgan fingerprint density at radius 2 is 1.50 bits per heavy atom. The molecule has 0 aliphatic carbocycles. The van der Waals surface area contributed by atoms with Crippen LogP contribution in [0.3, 0.4) is 0 Å². The molecule has 0 atom stereocenters. The van der Waals surface area contributed by atoms with E-state index in [9.17, 15) is 0 Å². The fourth-order valence-electron chi connectivity index (χ4n) is 0.534. The van der Waals surface area contributed by atoms with E-state index in [1.807, 2.05) is 18.2 Å². The van der Waals surface area contributed by atoms with Crippen LogP contribution in [0.5, 0.6) is 0 Å². The Hall–Kier alpha value is 0.220. The summed E-state index contributed by atoms with van der Waals surface area (Å²) in [6.07, 6.45) is 0. The van der Waals surface area contributed by atoms with E-state index >= 15 is 0 Å². The van der Waals surface area contributed by atoms with Gasteiger partial charge in [-0.15, -0.1) is 0 Å². The third-order valence-corrected chi connectivity index (χ3v) is 0.940. The molecule has 0 amide bonds. The molecule has 0 nitrogen and oxygen atoms in total. The molecule has 1 heteroatoms. The topological polar surface area (TPSA) is 0 Å². The smallest absolute Gasteiger partial charge is 0.0622 e. The first-order valence-corrected chi connectivity index (χ1v) is 2.41. The van der Waals surface area contributed by atoms with E-state index in [4.69, 9.17) is 0 Å². The van der Waals surface area contributed by atoms with Crippen LogP contribution in [0.1, 0.15) is 5.56 Å². The third kappa shape index (κ3) is 2.51. The number of hydrogen-bond acceptors (Lipinski definition) is 0. The Bertz CT molecular complexity index is 134. The summed E-state index contributed by atoms with van der Waals surface area (Å²) in [5.41, 5.74) is 1.32. The van der Waals surface area contributed by atoms with E-state index in [1.54, 1.807) is 0 Å². The average Bonchev–Trinajstić information content (AvgIpc) is 1.69. The number of hydrogen-bond donors (Lipinski definition) is 0. The van der Waals surface area contributed by atoms with Crippen molar-refractivity contribution >= 4 is 0 Å². The van der Waals surface area contributed by atoms with Gasteiger partial charge in [0.1, 0.15) is 0 Å². The first-order valence-electron chi connectivity index (χ1n) is 2.41. The molecule has 36 valence electrons. The molecule has 0 aliphatic heterocycles. The first kappa shape index (κ1) is 8.22. The summed E-state index contributed by atoms with van der Waals surface area (Å²) in [6.45, 7) is 2.08. The van der Waals surface area contributed by atoms with Crippen LogP contribution in [0, 0.1) is 6.92 Å². The molecule has 0 saturated heterocycles. The van der Waals surface area contributed by atoms with Gasteiger partial charge < -0.3 is 0 Å². The predicted octanol–water partition coefficient (Wildman–Crippen LogP) is -1.00. The molecule has 1 aromatic carbocycles. The molecular weight excluding hydrogens is 107 g/mol. The summed E-state index contributed by atoms with van der Waals surface area (Å²) in [5.74, 6) is 0. The van der Waals surface area contributed by atoms with Gasteiger partial charge >= 0.3 is 29.6 Å². The van der Waals surface area contributed by atoms with Crippen molar-refractivity contribution in [3.8, 4) is 0 Å². The summed E-state index contributed by atoms with van der Waals surface area (Å²) in [4.78, 5) is 0. The van der Waals surface area contributed by atoms with Crippen molar-refractivity contribution in [2.75, 3.05) is 0 Å². The van der Waals surface area contributed by atoms with E-state index in [0.717, 1.165) is 0 Å². The fraction of sp³-hybridized carbons (Fsp3) is 0.143. The average molecular weight is 115 g/mol. The zero-order chi connectivity index (χ0) is 5.11. The molecule has 0 saturated carbocycles. The quantitative estimate of drug-likeness (QED) is 0.380. The third-order valence-electron chi connectivity index (χ3n) is 0.940. The van der Waals surface area contributed by atoms with Crippen molar-refractivity contribution < 1.29 is 29.6 Å². The summed E-state index contributed by atoms with van der Waals surface area (Å²) in [7, 11) is 0. The maximum atomic E-state index is 2.08. The van der Waals surface area contributed by atoms with E-state index in [0.29, 0.717) is 0 Å². The van der Waals surface area contributed by atoms with Gasteiger partial charge in [-0.3, -0.25) is 0 Å². The zero-order valence-electron chi connectivity index (χ0n) is 5.39. The van der Waals surface area contributed by atoms with E-state index < -0.39 is 0 Å². The van der Waals surface area contributed by atoms with Gasteiger partial charge in [-0.2, -0.15) is 0 Å². The Balaban J connectivity index is 0.000000490. The molecule has 0 radical (unpaired) electrons. The Labute approximate surface area is 72.2 Å². The van der Waals surface area contributed by atoms with Crippen LogP contribution in [0.15, 0.2) is 30.3 Å². The van der Waals surface area contributed by atoms with Crippen LogP contribution in [0.2, 0.25) is 0 Å². The molecule has 0 aromatic heterocycles. The normalized spacial score (nSPS) is 7.62. The second kappa shape index (κ2) is 4.13. The van der Waals surface area contributed by atoms with Crippen molar-refractivity contribution in [1.82, 2.24) is 0 Å². The van der Waals surface area contributed by atoms with Gasteiger partial charge in [0.15, 0.2) is 0 Å². The maximum absolute atomic E-state index is 2.08. The largest absolute Gasteiger partial charge is 1.00 e. The van der Waals surface area contributed by atoms with Crippen molar-refractivity contribution in [2.24, 2.45) is 0 Å². The minimum absolute atomic E-state index is 0. The summed E-state index contributed by atoms with van der Waals surface area (Å²) < 4.78 is 0. The maximum Gasteiger partial charge on any atom is 1.00 e. The Kier molecular flexibility index (Phi) is 4.25. The molecule has 0 spiro atoms. The monoisotopic (exact) mass is 115 g/mol. The van der Waals surface area contributed by atoms with Gasteiger partial charge in [0.05, 0.1) is 0 Å². The van der Waals surface area contributed by atoms with E-state index in [2.05, 4.69) is 19.1 Å². The molecule has 0 N–H and O–H groups in total. The number of aryl methyl sites for hydroxylation is 1.